The molecule has 25 heavy (non-hydrogen) atoms. The van der Waals surface area contributed by atoms with Crippen molar-refractivity contribution >= 4 is 62.3 Å². The Morgan fingerprint density at radius 3 is 2.92 bits per heavy atom. The molecule has 3 aromatic rings. The van der Waals surface area contributed by atoms with E-state index in [1.165, 1.54) is 11.5 Å². The Kier molecular flexibility index (Phi) is 3.34. The van der Waals surface area contributed by atoms with Gasteiger partial charge in [-0.05, 0) is 17.6 Å². The smallest absolute Gasteiger partial charge is 0.260 e. The third kappa shape index (κ3) is 2.21. The maximum absolute atomic E-state index is 11.6. The summed E-state index contributed by atoms with van der Waals surface area (Å²) in [5, 5.41) is 10.1. The second-order valence-corrected chi connectivity index (χ2v) is 7.21. The SMILES string of the molecule is N#Cc1c(N)nc2sc(C(N)=O)c(N)c2c1N1C=Cc2sncc2C1. The van der Waals surface area contributed by atoms with Gasteiger partial charge in [0.1, 0.15) is 27.2 Å². The van der Waals surface area contributed by atoms with Crippen LogP contribution in [0.2, 0.25) is 0 Å². The van der Waals surface area contributed by atoms with Crippen molar-refractivity contribution in [3.05, 3.63) is 33.3 Å². The fraction of sp³-hybridized carbons (Fsp3) is 0.0667. The molecule has 0 atom stereocenters. The van der Waals surface area contributed by atoms with Crippen molar-refractivity contribution < 1.29 is 4.79 Å². The number of carbonyl (C=O) groups is 1. The highest BCUT2D eigenvalue weighted by atomic mass is 32.1. The highest BCUT2D eigenvalue weighted by Crippen LogP contribution is 2.43. The van der Waals surface area contributed by atoms with Gasteiger partial charge in [-0.2, -0.15) is 5.26 Å². The molecule has 8 nitrogen and oxygen atoms in total. The maximum atomic E-state index is 11.6. The molecule has 1 aliphatic rings. The van der Waals surface area contributed by atoms with Crippen LogP contribution in [-0.4, -0.2) is 15.3 Å². The number of hydrogen-bond donors (Lipinski definition) is 3. The number of amides is 1. The first kappa shape index (κ1) is 15.4. The van der Waals surface area contributed by atoms with E-state index in [1.54, 1.807) is 6.20 Å². The minimum Gasteiger partial charge on any atom is -0.397 e. The first-order chi connectivity index (χ1) is 12.0. The monoisotopic (exact) mass is 369 g/mol. The van der Waals surface area contributed by atoms with E-state index >= 15 is 0 Å². The number of nitrogen functional groups attached to an aromatic ring is 2. The predicted octanol–water partition coefficient (Wildman–Crippen LogP) is 1.88. The van der Waals surface area contributed by atoms with Crippen LogP contribution in [0.25, 0.3) is 16.3 Å². The first-order valence-electron chi connectivity index (χ1n) is 7.11. The zero-order valence-electron chi connectivity index (χ0n) is 12.7. The first-order valence-corrected chi connectivity index (χ1v) is 8.70. The Hall–Kier alpha value is -3.16. The van der Waals surface area contributed by atoms with E-state index in [1.807, 2.05) is 17.2 Å². The van der Waals surface area contributed by atoms with Crippen LogP contribution in [0.5, 0.6) is 0 Å². The zero-order chi connectivity index (χ0) is 17.7. The van der Waals surface area contributed by atoms with Gasteiger partial charge in [0.15, 0.2) is 0 Å². The zero-order valence-corrected chi connectivity index (χ0v) is 14.3. The number of carbonyl (C=O) groups excluding carboxylic acids is 1. The van der Waals surface area contributed by atoms with Gasteiger partial charge >= 0.3 is 0 Å². The van der Waals surface area contributed by atoms with Gasteiger partial charge in [0.2, 0.25) is 0 Å². The number of nitrogens with two attached hydrogens (primary N) is 3. The van der Waals surface area contributed by atoms with Crippen LogP contribution in [0.15, 0.2) is 12.4 Å². The third-order valence-corrected chi connectivity index (χ3v) is 5.84. The molecule has 0 radical (unpaired) electrons. The van der Waals surface area contributed by atoms with Crippen molar-refractivity contribution in [1.82, 2.24) is 9.36 Å². The number of fused-ring (bicyclic) bond motifs is 2. The minimum atomic E-state index is -0.637. The molecule has 6 N–H and O–H groups in total. The molecule has 0 spiro atoms. The largest absolute Gasteiger partial charge is 0.397 e. The summed E-state index contributed by atoms with van der Waals surface area (Å²) >= 11 is 2.47. The number of rotatable bonds is 2. The number of anilines is 3. The molecule has 10 heteroatoms. The highest BCUT2D eigenvalue weighted by Gasteiger charge is 2.26. The Bertz CT molecular complexity index is 1110. The molecular weight excluding hydrogens is 358 g/mol. The fourth-order valence-electron chi connectivity index (χ4n) is 2.80. The summed E-state index contributed by atoms with van der Waals surface area (Å²) < 4.78 is 4.18. The Morgan fingerprint density at radius 2 is 2.20 bits per heavy atom. The van der Waals surface area contributed by atoms with E-state index in [0.717, 1.165) is 21.8 Å². The van der Waals surface area contributed by atoms with Gasteiger partial charge < -0.3 is 22.1 Å². The molecule has 0 unspecified atom stereocenters. The lowest BCUT2D eigenvalue weighted by atomic mass is 10.1. The highest BCUT2D eigenvalue weighted by molar-refractivity contribution is 7.21. The normalized spacial score (nSPS) is 13.0. The van der Waals surface area contributed by atoms with Crippen LogP contribution in [0, 0.1) is 11.3 Å². The molecule has 1 aliphatic heterocycles. The second-order valence-electron chi connectivity index (χ2n) is 5.38. The van der Waals surface area contributed by atoms with Gasteiger partial charge in [0, 0.05) is 18.0 Å². The quantitative estimate of drug-likeness (QED) is 0.624. The molecule has 0 bridgehead atoms. The molecule has 4 heterocycles. The molecular formula is C15H11N7OS2. The van der Waals surface area contributed by atoms with Crippen molar-refractivity contribution in [3.8, 4) is 6.07 Å². The van der Waals surface area contributed by atoms with Gasteiger partial charge in [0.05, 0.1) is 28.2 Å². The lowest BCUT2D eigenvalue weighted by molar-refractivity contribution is 0.100. The molecule has 0 saturated carbocycles. The van der Waals surface area contributed by atoms with E-state index in [2.05, 4.69) is 15.4 Å². The molecule has 124 valence electrons. The lowest BCUT2D eigenvalue weighted by Gasteiger charge is -2.25. The van der Waals surface area contributed by atoms with E-state index < -0.39 is 5.91 Å². The predicted molar refractivity (Wildman–Crippen MR) is 99.0 cm³/mol. The summed E-state index contributed by atoms with van der Waals surface area (Å²) in [6.07, 6.45) is 5.55. The number of nitrogens with zero attached hydrogens (tertiary/aromatic N) is 4. The number of primary amides is 1. The van der Waals surface area contributed by atoms with Crippen molar-refractivity contribution in [2.24, 2.45) is 5.73 Å². The summed E-state index contributed by atoms with van der Waals surface area (Å²) in [4.78, 5) is 19.5. The molecule has 3 aromatic heterocycles. The Balaban J connectivity index is 2.01. The third-order valence-electron chi connectivity index (χ3n) is 3.92. The number of pyridine rings is 1. The second kappa shape index (κ2) is 5.44. The van der Waals surface area contributed by atoms with E-state index in [4.69, 9.17) is 17.2 Å². The van der Waals surface area contributed by atoms with Crippen molar-refractivity contribution in [3.63, 3.8) is 0 Å². The molecule has 0 aliphatic carbocycles. The van der Waals surface area contributed by atoms with Crippen molar-refractivity contribution in [2.45, 2.75) is 6.54 Å². The standard InChI is InChI=1S/C15H11N7OS2/c16-3-7-11(22-2-1-8-6(5-22)4-20-25-8)9-10(17)12(14(19)23)24-15(9)21-13(7)18/h1-2,4H,5,17H2,(H2,18,21)(H2,19,23). The van der Waals surface area contributed by atoms with Crippen molar-refractivity contribution in [2.75, 3.05) is 16.4 Å². The van der Waals surface area contributed by atoms with Gasteiger partial charge in [-0.3, -0.25) is 4.79 Å². The number of nitriles is 1. The number of aromatic nitrogens is 2. The van der Waals surface area contributed by atoms with Crippen LogP contribution in [0.4, 0.5) is 17.2 Å². The summed E-state index contributed by atoms with van der Waals surface area (Å²) in [7, 11) is 0. The summed E-state index contributed by atoms with van der Waals surface area (Å²) in [5.74, 6) is -0.549. The van der Waals surface area contributed by atoms with Crippen LogP contribution < -0.4 is 22.1 Å². The average molecular weight is 369 g/mol. The van der Waals surface area contributed by atoms with Gasteiger partial charge in [-0.15, -0.1) is 11.3 Å². The molecule has 0 saturated heterocycles. The molecule has 0 aromatic carbocycles. The minimum absolute atomic E-state index is 0.0879. The van der Waals surface area contributed by atoms with Gasteiger partial charge in [-0.25, -0.2) is 9.36 Å². The molecule has 4 rings (SSSR count). The van der Waals surface area contributed by atoms with Gasteiger partial charge in [0.25, 0.3) is 5.91 Å². The topological polar surface area (TPSA) is 148 Å². The summed E-state index contributed by atoms with van der Waals surface area (Å²) in [6.45, 7) is 0.511. The average Bonchev–Trinajstić information content (AvgIpc) is 3.17. The van der Waals surface area contributed by atoms with Gasteiger partial charge in [-0.1, -0.05) is 0 Å². The summed E-state index contributed by atoms with van der Waals surface area (Å²) in [6, 6.07) is 2.09. The lowest BCUT2D eigenvalue weighted by Crippen LogP contribution is -2.20. The molecule has 1 amide bonds. The van der Waals surface area contributed by atoms with E-state index in [-0.39, 0.29) is 21.9 Å². The van der Waals surface area contributed by atoms with E-state index in [0.29, 0.717) is 22.4 Å². The Labute approximate surface area is 149 Å². The van der Waals surface area contributed by atoms with Crippen LogP contribution >= 0.6 is 22.9 Å². The number of thiophene rings is 1. The summed E-state index contributed by atoms with van der Waals surface area (Å²) in [5.41, 5.74) is 19.5. The Morgan fingerprint density at radius 1 is 1.40 bits per heavy atom. The van der Waals surface area contributed by atoms with Crippen LogP contribution in [0.1, 0.15) is 25.7 Å². The van der Waals surface area contributed by atoms with Crippen LogP contribution in [-0.2, 0) is 6.54 Å². The van der Waals surface area contributed by atoms with Crippen LogP contribution in [0.3, 0.4) is 0 Å². The maximum Gasteiger partial charge on any atom is 0.260 e. The number of hydrogen-bond acceptors (Lipinski definition) is 9. The van der Waals surface area contributed by atoms with Crippen molar-refractivity contribution in [1.29, 1.82) is 5.26 Å². The molecule has 0 fully saturated rings. The fourth-order valence-corrected chi connectivity index (χ4v) is 4.41. The van der Waals surface area contributed by atoms with E-state index in [9.17, 15) is 10.1 Å².